The number of ether oxygens (including phenoxy) is 1. The molecule has 2 fully saturated rings. The minimum Gasteiger partial charge on any atom is -0.444 e. The highest BCUT2D eigenvalue weighted by Crippen LogP contribution is 2.52. The Morgan fingerprint density at radius 1 is 1.22 bits per heavy atom. The first-order valence-electron chi connectivity index (χ1n) is 8.54. The van der Waals surface area contributed by atoms with Gasteiger partial charge in [0.2, 0.25) is 0 Å². The van der Waals surface area contributed by atoms with E-state index >= 15 is 0 Å². The normalized spacial score (nSPS) is 26.3. The number of hydrogen-bond donors (Lipinski definition) is 0. The van der Waals surface area contributed by atoms with Crippen LogP contribution in [0.4, 0.5) is 4.79 Å². The summed E-state index contributed by atoms with van der Waals surface area (Å²) in [5, 5.41) is 0. The van der Waals surface area contributed by atoms with Crippen molar-refractivity contribution in [3.05, 3.63) is 35.9 Å². The van der Waals surface area contributed by atoms with E-state index in [2.05, 4.69) is 42.3 Å². The third-order valence-electron chi connectivity index (χ3n) is 4.84. The van der Waals surface area contributed by atoms with Gasteiger partial charge in [0.05, 0.1) is 0 Å². The van der Waals surface area contributed by atoms with E-state index in [0.29, 0.717) is 11.8 Å². The van der Waals surface area contributed by atoms with Crippen molar-refractivity contribution < 1.29 is 9.53 Å². The molecule has 4 heteroatoms. The molecule has 1 aromatic rings. The lowest BCUT2D eigenvalue weighted by molar-refractivity contribution is 0.0263. The zero-order chi connectivity index (χ0) is 16.6. The van der Waals surface area contributed by atoms with Gasteiger partial charge in [0.25, 0.3) is 0 Å². The Balaban J connectivity index is 1.43. The van der Waals surface area contributed by atoms with Crippen LogP contribution in [0.5, 0.6) is 0 Å². The number of nitrogens with zero attached hydrogens (tertiary/aromatic N) is 2. The molecule has 1 aliphatic heterocycles. The summed E-state index contributed by atoms with van der Waals surface area (Å²) < 4.78 is 5.46. The molecule has 0 N–H and O–H groups in total. The van der Waals surface area contributed by atoms with Gasteiger partial charge in [-0.1, -0.05) is 30.3 Å². The summed E-state index contributed by atoms with van der Waals surface area (Å²) in [5.74, 6) is 2.07. The fourth-order valence-corrected chi connectivity index (χ4v) is 3.72. The Bertz CT molecular complexity index is 540. The predicted octanol–water partition coefficient (Wildman–Crippen LogP) is 3.23. The molecule has 2 unspecified atom stereocenters. The van der Waals surface area contributed by atoms with E-state index in [0.717, 1.165) is 32.1 Å². The third-order valence-corrected chi connectivity index (χ3v) is 4.84. The molecule has 1 saturated carbocycles. The van der Waals surface area contributed by atoms with Gasteiger partial charge in [-0.15, -0.1) is 0 Å². The topological polar surface area (TPSA) is 32.8 Å². The highest BCUT2D eigenvalue weighted by molar-refractivity contribution is 5.69. The van der Waals surface area contributed by atoms with Crippen LogP contribution in [-0.4, -0.2) is 48.2 Å². The number of amides is 1. The number of likely N-dealkylation sites (tertiary alicyclic amines) is 1. The standard InChI is InChI=1S/C19H28N2O2/c1-19(2,3)23-18(22)21-12-16-15(17(16)13-21)11-20(4)10-14-8-6-5-7-9-14/h5-9,15-17H,10-13H2,1-4H3/t15?,16-,17?/m1/s1. The van der Waals surface area contributed by atoms with Crippen LogP contribution in [0, 0.1) is 17.8 Å². The van der Waals surface area contributed by atoms with Crippen molar-refractivity contribution >= 4 is 6.09 Å². The second-order valence-electron chi connectivity index (χ2n) is 8.06. The average Bonchev–Trinajstić information content (AvgIpc) is 2.91. The molecule has 3 rings (SSSR count). The molecule has 2 aliphatic rings. The highest BCUT2D eigenvalue weighted by Gasteiger charge is 2.56. The Labute approximate surface area is 139 Å². The molecule has 126 valence electrons. The highest BCUT2D eigenvalue weighted by atomic mass is 16.6. The van der Waals surface area contributed by atoms with Crippen LogP contribution >= 0.6 is 0 Å². The summed E-state index contributed by atoms with van der Waals surface area (Å²) in [6.45, 7) is 9.60. The number of carbonyl (C=O) groups is 1. The van der Waals surface area contributed by atoms with E-state index in [9.17, 15) is 4.79 Å². The van der Waals surface area contributed by atoms with Gasteiger partial charge in [-0.2, -0.15) is 0 Å². The molecule has 1 aliphatic carbocycles. The summed E-state index contributed by atoms with van der Waals surface area (Å²) >= 11 is 0. The molecule has 0 aromatic heterocycles. The van der Waals surface area contributed by atoms with Gasteiger partial charge in [-0.25, -0.2) is 4.79 Å². The lowest BCUT2D eigenvalue weighted by atomic mass is 10.2. The number of piperidine rings is 1. The summed E-state index contributed by atoms with van der Waals surface area (Å²) in [7, 11) is 2.19. The summed E-state index contributed by atoms with van der Waals surface area (Å²) in [6.07, 6.45) is -0.152. The summed E-state index contributed by atoms with van der Waals surface area (Å²) in [6, 6.07) is 10.6. The minimum atomic E-state index is -0.404. The maximum absolute atomic E-state index is 12.1. The van der Waals surface area contributed by atoms with Crippen molar-refractivity contribution in [1.82, 2.24) is 9.80 Å². The monoisotopic (exact) mass is 316 g/mol. The van der Waals surface area contributed by atoms with E-state index in [1.165, 1.54) is 5.56 Å². The van der Waals surface area contributed by atoms with Gasteiger partial charge in [0, 0.05) is 26.2 Å². The fraction of sp³-hybridized carbons (Fsp3) is 0.632. The third kappa shape index (κ3) is 4.05. The molecule has 0 radical (unpaired) electrons. The molecule has 1 amide bonds. The molecule has 3 atom stereocenters. The van der Waals surface area contributed by atoms with E-state index in [-0.39, 0.29) is 6.09 Å². The van der Waals surface area contributed by atoms with Crippen molar-refractivity contribution in [1.29, 1.82) is 0 Å². The van der Waals surface area contributed by atoms with Gasteiger partial charge in [-0.3, -0.25) is 0 Å². The quantitative estimate of drug-likeness (QED) is 0.855. The molecule has 1 aromatic carbocycles. The first-order valence-corrected chi connectivity index (χ1v) is 8.54. The van der Waals surface area contributed by atoms with Gasteiger partial charge in [0.15, 0.2) is 0 Å². The first kappa shape index (κ1) is 16.3. The van der Waals surface area contributed by atoms with Crippen LogP contribution in [0.15, 0.2) is 30.3 Å². The van der Waals surface area contributed by atoms with Gasteiger partial charge in [-0.05, 0) is 51.1 Å². The van der Waals surface area contributed by atoms with Gasteiger partial charge in [0.1, 0.15) is 5.60 Å². The molecule has 4 nitrogen and oxygen atoms in total. The Morgan fingerprint density at radius 3 is 2.39 bits per heavy atom. The number of rotatable bonds is 4. The van der Waals surface area contributed by atoms with Crippen molar-refractivity contribution in [2.24, 2.45) is 17.8 Å². The molecule has 0 bridgehead atoms. The Hall–Kier alpha value is -1.55. The second kappa shape index (κ2) is 6.16. The van der Waals surface area contributed by atoms with Crippen LogP contribution in [0.1, 0.15) is 26.3 Å². The molecule has 23 heavy (non-hydrogen) atoms. The zero-order valence-corrected chi connectivity index (χ0v) is 14.7. The molecular formula is C19H28N2O2. The fourth-order valence-electron chi connectivity index (χ4n) is 3.72. The average molecular weight is 316 g/mol. The number of carbonyl (C=O) groups excluding carboxylic acids is 1. The molecular weight excluding hydrogens is 288 g/mol. The van der Waals surface area contributed by atoms with E-state index in [1.807, 2.05) is 25.7 Å². The SMILES string of the molecule is CN(Cc1ccccc1)CC1C2CN(C(=O)OC(C)(C)C)C[C@H]12. The summed E-state index contributed by atoms with van der Waals surface area (Å²) in [4.78, 5) is 16.4. The maximum atomic E-state index is 12.1. The van der Waals surface area contributed by atoms with Crippen molar-refractivity contribution in [2.45, 2.75) is 32.9 Å². The lowest BCUT2D eigenvalue weighted by Gasteiger charge is -2.26. The number of fused-ring (bicyclic) bond motifs is 1. The van der Waals surface area contributed by atoms with Crippen LogP contribution in [0.2, 0.25) is 0 Å². The zero-order valence-electron chi connectivity index (χ0n) is 14.7. The first-order chi connectivity index (χ1) is 10.8. The second-order valence-corrected chi connectivity index (χ2v) is 8.06. The van der Waals surface area contributed by atoms with Crippen LogP contribution in [0.25, 0.3) is 0 Å². The van der Waals surface area contributed by atoms with Crippen molar-refractivity contribution in [3.8, 4) is 0 Å². The van der Waals surface area contributed by atoms with Crippen molar-refractivity contribution in [2.75, 3.05) is 26.7 Å². The number of benzene rings is 1. The van der Waals surface area contributed by atoms with Crippen LogP contribution < -0.4 is 0 Å². The minimum absolute atomic E-state index is 0.152. The molecule has 1 saturated heterocycles. The maximum Gasteiger partial charge on any atom is 0.410 e. The smallest absolute Gasteiger partial charge is 0.410 e. The Morgan fingerprint density at radius 2 is 1.83 bits per heavy atom. The van der Waals surface area contributed by atoms with E-state index in [4.69, 9.17) is 4.74 Å². The Kier molecular flexibility index (Phi) is 4.37. The summed E-state index contributed by atoms with van der Waals surface area (Å²) in [5.41, 5.74) is 0.954. The lowest BCUT2D eigenvalue weighted by Crippen LogP contribution is -2.37. The van der Waals surface area contributed by atoms with Crippen LogP contribution in [0.3, 0.4) is 0 Å². The van der Waals surface area contributed by atoms with E-state index in [1.54, 1.807) is 0 Å². The predicted molar refractivity (Wildman–Crippen MR) is 91.1 cm³/mol. The van der Waals surface area contributed by atoms with Crippen molar-refractivity contribution in [3.63, 3.8) is 0 Å². The molecule has 1 heterocycles. The van der Waals surface area contributed by atoms with E-state index < -0.39 is 5.60 Å². The van der Waals surface area contributed by atoms with Gasteiger partial charge < -0.3 is 14.5 Å². The largest absolute Gasteiger partial charge is 0.444 e. The van der Waals surface area contributed by atoms with Crippen LogP contribution in [-0.2, 0) is 11.3 Å². The van der Waals surface area contributed by atoms with Gasteiger partial charge >= 0.3 is 6.09 Å². The molecule has 0 spiro atoms. The number of hydrogen-bond acceptors (Lipinski definition) is 3.